The van der Waals surface area contributed by atoms with Crippen LogP contribution in [0.3, 0.4) is 0 Å². The molecule has 37 heavy (non-hydrogen) atoms. The molecule has 206 valence electrons. The van der Waals surface area contributed by atoms with Crippen LogP contribution in [0.25, 0.3) is 0 Å². The average Bonchev–Trinajstić information content (AvgIpc) is 2.81. The van der Waals surface area contributed by atoms with Gasteiger partial charge in [-0.1, -0.05) is 26.0 Å². The van der Waals surface area contributed by atoms with Gasteiger partial charge in [-0.25, -0.2) is 4.79 Å². The summed E-state index contributed by atoms with van der Waals surface area (Å²) in [5.41, 5.74) is 16.9. The molecule has 1 aromatic rings. The smallest absolute Gasteiger partial charge is 0.326 e. The van der Waals surface area contributed by atoms with Gasteiger partial charge in [0.25, 0.3) is 0 Å². The van der Waals surface area contributed by atoms with E-state index in [-0.39, 0.29) is 18.6 Å². The predicted octanol–water partition coefficient (Wildman–Crippen LogP) is -1.54. The lowest BCUT2D eigenvalue weighted by Crippen LogP contribution is -2.58. The highest BCUT2D eigenvalue weighted by Crippen LogP contribution is 2.12. The van der Waals surface area contributed by atoms with Crippen LogP contribution in [0, 0.1) is 5.92 Å². The Labute approximate surface area is 215 Å². The molecule has 0 aromatic heterocycles. The number of aliphatic carboxylic acids is 1. The molecule has 0 radical (unpaired) electrons. The Morgan fingerprint density at radius 3 is 1.97 bits per heavy atom. The molecule has 0 fully saturated rings. The molecule has 11 N–H and O–H groups in total. The SMILES string of the molecule is CC(C)C(NC(=O)C(CCCCN)NC(=O)C(Cc1ccc(O)cc1)NC(=O)C(N)CC(N)=O)C(=O)O. The fraction of sp³-hybridized carbons (Fsp3) is 0.542. The van der Waals surface area contributed by atoms with Gasteiger partial charge in [0.1, 0.15) is 23.9 Å². The van der Waals surface area contributed by atoms with E-state index in [0.717, 1.165) is 0 Å². The number of aromatic hydroxyl groups is 1. The molecule has 0 aliphatic rings. The van der Waals surface area contributed by atoms with Crippen LogP contribution in [-0.2, 0) is 30.4 Å². The van der Waals surface area contributed by atoms with Crippen LogP contribution in [0.4, 0.5) is 0 Å². The Morgan fingerprint density at radius 2 is 1.46 bits per heavy atom. The number of rotatable bonds is 16. The largest absolute Gasteiger partial charge is 0.508 e. The summed E-state index contributed by atoms with van der Waals surface area (Å²) in [7, 11) is 0. The van der Waals surface area contributed by atoms with Crippen molar-refractivity contribution in [3.8, 4) is 5.75 Å². The number of nitrogens with two attached hydrogens (primary N) is 3. The number of hydrogen-bond acceptors (Lipinski definition) is 8. The topological polar surface area (TPSA) is 240 Å². The second kappa shape index (κ2) is 15.4. The monoisotopic (exact) mass is 522 g/mol. The Hall–Kier alpha value is -3.71. The van der Waals surface area contributed by atoms with E-state index in [1.165, 1.54) is 12.1 Å². The van der Waals surface area contributed by atoms with Crippen LogP contribution < -0.4 is 33.2 Å². The van der Waals surface area contributed by atoms with Gasteiger partial charge >= 0.3 is 5.97 Å². The fourth-order valence-electron chi connectivity index (χ4n) is 3.47. The highest BCUT2D eigenvalue weighted by Gasteiger charge is 2.31. The Bertz CT molecular complexity index is 938. The number of amides is 4. The number of unbranched alkanes of at least 4 members (excludes halogenated alkanes) is 1. The van der Waals surface area contributed by atoms with Gasteiger partial charge in [-0.3, -0.25) is 19.2 Å². The third kappa shape index (κ3) is 11.3. The summed E-state index contributed by atoms with van der Waals surface area (Å²) >= 11 is 0. The third-order valence-electron chi connectivity index (χ3n) is 5.58. The number of primary amides is 1. The predicted molar refractivity (Wildman–Crippen MR) is 135 cm³/mol. The Morgan fingerprint density at radius 1 is 0.892 bits per heavy atom. The first-order chi connectivity index (χ1) is 17.3. The molecule has 0 saturated heterocycles. The van der Waals surface area contributed by atoms with Gasteiger partial charge in [0.15, 0.2) is 0 Å². The summed E-state index contributed by atoms with van der Waals surface area (Å²) in [4.78, 5) is 61.5. The number of phenolic OH excluding ortho intramolecular Hbond substituents is 1. The second-order valence-electron chi connectivity index (χ2n) is 9.12. The van der Waals surface area contributed by atoms with E-state index in [4.69, 9.17) is 17.2 Å². The van der Waals surface area contributed by atoms with E-state index < -0.39 is 66.1 Å². The fourth-order valence-corrected chi connectivity index (χ4v) is 3.47. The minimum Gasteiger partial charge on any atom is -0.508 e. The van der Waals surface area contributed by atoms with E-state index in [9.17, 15) is 34.2 Å². The van der Waals surface area contributed by atoms with Gasteiger partial charge in [-0.15, -0.1) is 0 Å². The van der Waals surface area contributed by atoms with E-state index in [2.05, 4.69) is 16.0 Å². The van der Waals surface area contributed by atoms with Crippen molar-refractivity contribution in [2.75, 3.05) is 6.54 Å². The van der Waals surface area contributed by atoms with Crippen molar-refractivity contribution in [1.29, 1.82) is 0 Å². The van der Waals surface area contributed by atoms with Crippen molar-refractivity contribution in [2.45, 2.75) is 70.1 Å². The second-order valence-corrected chi connectivity index (χ2v) is 9.12. The quantitative estimate of drug-likeness (QED) is 0.117. The summed E-state index contributed by atoms with van der Waals surface area (Å²) in [5.74, 6) is -4.62. The van der Waals surface area contributed by atoms with E-state index >= 15 is 0 Å². The number of nitrogens with one attached hydrogen (secondary N) is 3. The molecule has 13 nitrogen and oxygen atoms in total. The molecular weight excluding hydrogens is 484 g/mol. The first-order valence-electron chi connectivity index (χ1n) is 12.0. The molecule has 0 heterocycles. The molecule has 13 heteroatoms. The lowest BCUT2D eigenvalue weighted by atomic mass is 10.0. The summed E-state index contributed by atoms with van der Waals surface area (Å²) in [6.07, 6.45) is 0.770. The van der Waals surface area contributed by atoms with Gasteiger partial charge in [0, 0.05) is 6.42 Å². The van der Waals surface area contributed by atoms with Gasteiger partial charge in [-0.05, 0) is 49.4 Å². The van der Waals surface area contributed by atoms with E-state index in [1.807, 2.05) is 0 Å². The summed E-state index contributed by atoms with van der Waals surface area (Å²) in [6, 6.07) is 1.16. The number of carboxylic acids is 1. The number of carboxylic acid groups (broad SMARTS) is 1. The molecule has 0 aliphatic heterocycles. The maximum absolute atomic E-state index is 13.3. The average molecular weight is 523 g/mol. The van der Waals surface area contributed by atoms with Crippen molar-refractivity contribution in [2.24, 2.45) is 23.1 Å². The van der Waals surface area contributed by atoms with Crippen molar-refractivity contribution in [3.05, 3.63) is 29.8 Å². The number of phenols is 1. The molecular formula is C24H38N6O7. The molecule has 4 amide bonds. The Balaban J connectivity index is 3.15. The van der Waals surface area contributed by atoms with Crippen LogP contribution >= 0.6 is 0 Å². The van der Waals surface area contributed by atoms with Crippen LogP contribution in [-0.4, -0.2) is 70.5 Å². The third-order valence-corrected chi connectivity index (χ3v) is 5.58. The lowest BCUT2D eigenvalue weighted by molar-refractivity contribution is -0.143. The van der Waals surface area contributed by atoms with Crippen LogP contribution in [0.2, 0.25) is 0 Å². The first kappa shape index (κ1) is 31.3. The molecule has 0 aliphatic carbocycles. The van der Waals surface area contributed by atoms with Gasteiger partial charge < -0.3 is 43.4 Å². The Kier molecular flexibility index (Phi) is 13.0. The summed E-state index contributed by atoms with van der Waals surface area (Å²) < 4.78 is 0. The maximum Gasteiger partial charge on any atom is 0.326 e. The molecule has 0 bridgehead atoms. The van der Waals surface area contributed by atoms with Gasteiger partial charge in [0.2, 0.25) is 23.6 Å². The van der Waals surface area contributed by atoms with E-state index in [1.54, 1.807) is 26.0 Å². The maximum atomic E-state index is 13.3. The highest BCUT2D eigenvalue weighted by molar-refractivity contribution is 5.95. The normalized spacial score (nSPS) is 14.2. The zero-order chi connectivity index (χ0) is 28.1. The molecule has 0 spiro atoms. The van der Waals surface area contributed by atoms with Crippen LogP contribution in [0.15, 0.2) is 24.3 Å². The first-order valence-corrected chi connectivity index (χ1v) is 12.0. The summed E-state index contributed by atoms with van der Waals surface area (Å²) in [5, 5.41) is 26.5. The molecule has 0 saturated carbocycles. The van der Waals surface area contributed by atoms with Crippen molar-refractivity contribution < 1.29 is 34.2 Å². The standard InChI is InChI=1S/C24H38N6O7/c1-13(2)20(24(36)37)30-22(34)17(5-3-4-10-25)28-23(35)18(11-14-6-8-15(31)9-7-14)29-21(33)16(26)12-19(27)32/h6-9,13,16-18,20,31H,3-5,10-12,25-26H2,1-2H3,(H2,27,32)(H,28,35)(H,29,33)(H,30,34)(H,36,37). The number of carbonyl (C=O) groups excluding carboxylic acids is 4. The molecule has 4 unspecified atom stereocenters. The van der Waals surface area contributed by atoms with Crippen LogP contribution in [0.5, 0.6) is 5.75 Å². The molecule has 1 aromatic carbocycles. The number of hydrogen-bond donors (Lipinski definition) is 8. The molecule has 4 atom stereocenters. The van der Waals surface area contributed by atoms with Crippen molar-refractivity contribution >= 4 is 29.6 Å². The minimum atomic E-state index is -1.29. The highest BCUT2D eigenvalue weighted by atomic mass is 16.4. The number of benzene rings is 1. The van der Waals surface area contributed by atoms with Crippen molar-refractivity contribution in [3.63, 3.8) is 0 Å². The zero-order valence-corrected chi connectivity index (χ0v) is 21.1. The van der Waals surface area contributed by atoms with Gasteiger partial charge in [-0.2, -0.15) is 0 Å². The van der Waals surface area contributed by atoms with Crippen LogP contribution in [0.1, 0.15) is 45.1 Å². The number of carbonyl (C=O) groups is 5. The minimum absolute atomic E-state index is 0.00652. The molecule has 1 rings (SSSR count). The zero-order valence-electron chi connectivity index (χ0n) is 21.1. The lowest BCUT2D eigenvalue weighted by Gasteiger charge is -2.26. The van der Waals surface area contributed by atoms with Crippen molar-refractivity contribution in [1.82, 2.24) is 16.0 Å². The summed E-state index contributed by atoms with van der Waals surface area (Å²) in [6.45, 7) is 3.64. The van der Waals surface area contributed by atoms with E-state index in [0.29, 0.717) is 24.9 Å². The van der Waals surface area contributed by atoms with Gasteiger partial charge in [0.05, 0.1) is 12.5 Å².